The first-order valence-electron chi connectivity index (χ1n) is 17.8. The summed E-state index contributed by atoms with van der Waals surface area (Å²) in [5.74, 6) is 0.915. The van der Waals surface area contributed by atoms with E-state index in [0.717, 1.165) is 78.1 Å². The molecule has 0 N–H and O–H groups in total. The smallest absolute Gasteiger partial charge is 0.153 e. The van der Waals surface area contributed by atoms with E-state index in [0.29, 0.717) is 0 Å². The lowest BCUT2D eigenvalue weighted by Gasteiger charge is -2.15. The van der Waals surface area contributed by atoms with Gasteiger partial charge in [-0.05, 0) is 101 Å². The van der Waals surface area contributed by atoms with Crippen molar-refractivity contribution in [2.24, 2.45) is 0 Å². The summed E-state index contributed by atoms with van der Waals surface area (Å²) in [5, 5.41) is 3.47. The number of rotatable bonds is 5. The molecule has 0 radical (unpaired) electrons. The number of hydrogen-bond donors (Lipinski definition) is 0. The van der Waals surface area contributed by atoms with Crippen LogP contribution < -0.4 is 0 Å². The van der Waals surface area contributed by atoms with Gasteiger partial charge < -0.3 is 8.98 Å². The van der Waals surface area contributed by atoms with Crippen LogP contribution in [0.15, 0.2) is 187 Å². The number of nitrogens with zero attached hydrogens (tertiary/aromatic N) is 4. The minimum absolute atomic E-state index is 0.790. The topological polar surface area (TPSA) is 48.8 Å². The van der Waals surface area contributed by atoms with Crippen molar-refractivity contribution in [2.45, 2.75) is 0 Å². The average Bonchev–Trinajstić information content (AvgIpc) is 3.91. The largest absolute Gasteiger partial charge is 0.454 e. The number of imidazole rings is 1. The fourth-order valence-corrected chi connectivity index (χ4v) is 7.94. The third kappa shape index (κ3) is 4.71. The lowest BCUT2D eigenvalue weighted by atomic mass is 9.96. The summed E-state index contributed by atoms with van der Waals surface area (Å²) >= 11 is 0. The van der Waals surface area contributed by atoms with Crippen molar-refractivity contribution in [3.63, 3.8) is 0 Å². The first-order chi connectivity index (χ1) is 26.3. The second kappa shape index (κ2) is 11.7. The van der Waals surface area contributed by atoms with Gasteiger partial charge in [0, 0.05) is 39.3 Å². The standard InChI is InChI=1S/C48H30N4O/c1-2-12-31(13-3-1)48-50-41-18-6-9-21-44(41)52(48)36-15-10-14-32(27-36)34-26-35(33-23-24-45-40(30-33)47-46(53-45)22-11-25-49-47)29-37(28-34)51-42-19-7-4-16-38(42)39-17-5-8-20-43(39)51/h1-30H. The van der Waals surface area contributed by atoms with Crippen LogP contribution in [0.25, 0.3) is 99.9 Å². The van der Waals surface area contributed by atoms with E-state index in [1.54, 1.807) is 0 Å². The molecule has 5 heteroatoms. The molecule has 248 valence electrons. The number of benzene rings is 7. The van der Waals surface area contributed by atoms with Gasteiger partial charge >= 0.3 is 0 Å². The third-order valence-electron chi connectivity index (χ3n) is 10.3. The number of para-hydroxylation sites is 4. The van der Waals surface area contributed by atoms with E-state index in [2.05, 4.69) is 166 Å². The molecule has 0 unspecified atom stereocenters. The molecule has 0 saturated carbocycles. The summed E-state index contributed by atoms with van der Waals surface area (Å²) in [6, 6.07) is 62.2. The molecule has 4 heterocycles. The first kappa shape index (κ1) is 29.5. The van der Waals surface area contributed by atoms with Crippen LogP contribution in [-0.2, 0) is 0 Å². The molecule has 0 amide bonds. The van der Waals surface area contributed by atoms with E-state index in [9.17, 15) is 0 Å². The molecule has 11 aromatic rings. The SMILES string of the molecule is c1ccc(-c2nc3ccccc3n2-c2cccc(-c3cc(-c4ccc5oc6cccnc6c5c4)cc(-n4c5ccccc5c5ccccc54)c3)c2)cc1. The molecule has 5 nitrogen and oxygen atoms in total. The van der Waals surface area contributed by atoms with Crippen molar-refractivity contribution in [1.29, 1.82) is 0 Å². The van der Waals surface area contributed by atoms with Gasteiger partial charge in [0.05, 0.1) is 22.1 Å². The average molecular weight is 679 g/mol. The zero-order valence-electron chi connectivity index (χ0n) is 28.5. The number of fused-ring (bicyclic) bond motifs is 7. The zero-order valence-corrected chi connectivity index (χ0v) is 28.5. The summed E-state index contributed by atoms with van der Waals surface area (Å²) in [5.41, 5.74) is 14.5. The Bertz CT molecular complexity index is 3130. The maximum Gasteiger partial charge on any atom is 0.153 e. The number of hydrogen-bond acceptors (Lipinski definition) is 3. The zero-order chi connectivity index (χ0) is 34.9. The molecule has 7 aromatic carbocycles. The normalized spacial score (nSPS) is 11.8. The van der Waals surface area contributed by atoms with E-state index >= 15 is 0 Å². The predicted octanol–water partition coefficient (Wildman–Crippen LogP) is 12.4. The third-order valence-corrected chi connectivity index (χ3v) is 10.3. The van der Waals surface area contributed by atoms with Gasteiger partial charge in [-0.15, -0.1) is 0 Å². The van der Waals surface area contributed by atoms with Gasteiger partial charge in [-0.25, -0.2) is 4.98 Å². The van der Waals surface area contributed by atoms with E-state index in [1.165, 1.54) is 21.8 Å². The number of aromatic nitrogens is 4. The van der Waals surface area contributed by atoms with Crippen LogP contribution in [-0.4, -0.2) is 19.1 Å². The summed E-state index contributed by atoms with van der Waals surface area (Å²) in [4.78, 5) is 9.79. The highest BCUT2D eigenvalue weighted by Gasteiger charge is 2.18. The van der Waals surface area contributed by atoms with Crippen molar-refractivity contribution in [1.82, 2.24) is 19.1 Å². The summed E-state index contributed by atoms with van der Waals surface area (Å²) in [7, 11) is 0. The molecule has 0 atom stereocenters. The minimum Gasteiger partial charge on any atom is -0.454 e. The molecule has 0 bridgehead atoms. The van der Waals surface area contributed by atoms with E-state index in [1.807, 2.05) is 30.5 Å². The minimum atomic E-state index is 0.790. The molecule has 0 fully saturated rings. The molecular formula is C48H30N4O. The molecule has 11 rings (SSSR count). The first-order valence-corrected chi connectivity index (χ1v) is 17.8. The Hall–Kier alpha value is -7.24. The summed E-state index contributed by atoms with van der Waals surface area (Å²) in [6.07, 6.45) is 1.82. The van der Waals surface area contributed by atoms with Crippen molar-refractivity contribution >= 4 is 54.9 Å². The van der Waals surface area contributed by atoms with Crippen LogP contribution in [0, 0.1) is 0 Å². The Morgan fingerprint density at radius 2 is 1.06 bits per heavy atom. The van der Waals surface area contributed by atoms with E-state index in [-0.39, 0.29) is 0 Å². The van der Waals surface area contributed by atoms with Crippen LogP contribution in [0.3, 0.4) is 0 Å². The highest BCUT2D eigenvalue weighted by Crippen LogP contribution is 2.39. The molecule has 0 aliphatic heterocycles. The Morgan fingerprint density at radius 1 is 0.396 bits per heavy atom. The van der Waals surface area contributed by atoms with Crippen LogP contribution >= 0.6 is 0 Å². The van der Waals surface area contributed by atoms with Gasteiger partial charge in [0.25, 0.3) is 0 Å². The van der Waals surface area contributed by atoms with Crippen molar-refractivity contribution < 1.29 is 4.42 Å². The van der Waals surface area contributed by atoms with Crippen LogP contribution in [0.5, 0.6) is 0 Å². The second-order valence-corrected chi connectivity index (χ2v) is 13.5. The molecule has 0 aliphatic rings. The highest BCUT2D eigenvalue weighted by molar-refractivity contribution is 6.09. The maximum atomic E-state index is 6.16. The van der Waals surface area contributed by atoms with E-state index in [4.69, 9.17) is 9.40 Å². The molecule has 0 saturated heterocycles. The highest BCUT2D eigenvalue weighted by atomic mass is 16.3. The predicted molar refractivity (Wildman–Crippen MR) is 217 cm³/mol. The summed E-state index contributed by atoms with van der Waals surface area (Å²) in [6.45, 7) is 0. The quantitative estimate of drug-likeness (QED) is 0.182. The molecule has 53 heavy (non-hydrogen) atoms. The van der Waals surface area contributed by atoms with Gasteiger partial charge in [0.2, 0.25) is 0 Å². The molecule has 0 aliphatic carbocycles. The fraction of sp³-hybridized carbons (Fsp3) is 0. The van der Waals surface area contributed by atoms with Crippen LogP contribution in [0.4, 0.5) is 0 Å². The Balaban J connectivity index is 1.16. The van der Waals surface area contributed by atoms with Gasteiger partial charge in [0.15, 0.2) is 5.58 Å². The van der Waals surface area contributed by atoms with Crippen molar-refractivity contribution in [2.75, 3.05) is 0 Å². The second-order valence-electron chi connectivity index (χ2n) is 13.5. The number of pyridine rings is 1. The molecule has 0 spiro atoms. The maximum absolute atomic E-state index is 6.16. The van der Waals surface area contributed by atoms with Crippen LogP contribution in [0.1, 0.15) is 0 Å². The van der Waals surface area contributed by atoms with Gasteiger partial charge in [0.1, 0.15) is 16.9 Å². The van der Waals surface area contributed by atoms with E-state index < -0.39 is 0 Å². The lowest BCUT2D eigenvalue weighted by molar-refractivity contribution is 0.668. The fourth-order valence-electron chi connectivity index (χ4n) is 7.94. The van der Waals surface area contributed by atoms with Crippen molar-refractivity contribution in [3.8, 4) is 45.0 Å². The Labute approximate surface area is 304 Å². The van der Waals surface area contributed by atoms with Crippen molar-refractivity contribution in [3.05, 3.63) is 182 Å². The molecule has 4 aromatic heterocycles. The lowest BCUT2D eigenvalue weighted by Crippen LogP contribution is -1.99. The van der Waals surface area contributed by atoms with Gasteiger partial charge in [-0.1, -0.05) is 97.1 Å². The Kier molecular flexibility index (Phi) is 6.48. The van der Waals surface area contributed by atoms with Crippen LogP contribution in [0.2, 0.25) is 0 Å². The number of furan rings is 1. The monoisotopic (exact) mass is 678 g/mol. The van der Waals surface area contributed by atoms with Gasteiger partial charge in [-0.2, -0.15) is 0 Å². The summed E-state index contributed by atoms with van der Waals surface area (Å²) < 4.78 is 10.8. The molecular weight excluding hydrogens is 649 g/mol. The Morgan fingerprint density at radius 3 is 1.85 bits per heavy atom. The van der Waals surface area contributed by atoms with Gasteiger partial charge in [-0.3, -0.25) is 9.55 Å².